The zero-order chi connectivity index (χ0) is 44.6. The number of thioether (sulfide) groups is 2. The van der Waals surface area contributed by atoms with E-state index in [1.807, 2.05) is 13.8 Å². The van der Waals surface area contributed by atoms with Gasteiger partial charge in [0.1, 0.15) is 56.0 Å². The molecule has 0 saturated heterocycles. The fraction of sp³-hybridized carbons (Fsp3) is 0.316. The molecule has 4 aromatic rings. The van der Waals surface area contributed by atoms with Crippen LogP contribution in [0.25, 0.3) is 0 Å². The quantitative estimate of drug-likeness (QED) is 0.0283. The Hall–Kier alpha value is -2.80. The Bertz CT molecular complexity index is 2040. The number of benzene rings is 2. The van der Waals surface area contributed by atoms with E-state index in [0.29, 0.717) is 21.6 Å². The molecule has 4 rings (SSSR count). The van der Waals surface area contributed by atoms with Crippen molar-refractivity contribution in [3.8, 4) is 23.3 Å². The first-order valence-corrected chi connectivity index (χ1v) is 22.8. The Balaban J connectivity index is 1.65. The minimum absolute atomic E-state index is 0.00693. The Labute approximate surface area is 399 Å². The molecule has 0 aliphatic carbocycles. The van der Waals surface area contributed by atoms with Crippen LogP contribution in [0, 0.1) is 20.2 Å². The molecule has 2 heterocycles. The summed E-state index contributed by atoms with van der Waals surface area (Å²) in [5.74, 6) is 1.37. The Morgan fingerprint density at radius 2 is 1.02 bits per heavy atom. The van der Waals surface area contributed by atoms with Crippen molar-refractivity contribution >= 4 is 128 Å². The second kappa shape index (κ2) is 25.5. The fourth-order valence-corrected chi connectivity index (χ4v) is 8.21. The van der Waals surface area contributed by atoms with Crippen LogP contribution in [0.1, 0.15) is 50.0 Å². The SMILES string of the molecule is CCSc1ccc([N+](=O)[O-])c(OC(CCOCCC(Oc2nc(SCC)ccc2[N+](=O)[O-])c2c(Cl)cc(OCC=C(Cl)Cl)cc2Cl)c2c(Cl)cc(OCC=C(Cl)Cl)cc2Cl)n1. The van der Waals surface area contributed by atoms with Crippen LogP contribution in [0.15, 0.2) is 79.7 Å². The molecule has 2 atom stereocenters. The minimum Gasteiger partial charge on any atom is -0.489 e. The lowest BCUT2D eigenvalue weighted by Crippen LogP contribution is -2.16. The lowest BCUT2D eigenvalue weighted by molar-refractivity contribution is -0.386. The molecular formula is C38H34Cl8N4O9S2. The predicted octanol–water partition coefficient (Wildman–Crippen LogP) is 14.3. The average molecular weight is 1040 g/mol. The van der Waals surface area contributed by atoms with Gasteiger partial charge >= 0.3 is 11.4 Å². The molecule has 0 radical (unpaired) electrons. The number of aromatic nitrogens is 2. The maximum atomic E-state index is 12.1. The monoisotopic (exact) mass is 1030 g/mol. The maximum absolute atomic E-state index is 12.1. The van der Waals surface area contributed by atoms with Crippen molar-refractivity contribution in [2.75, 3.05) is 37.9 Å². The number of rotatable bonds is 24. The van der Waals surface area contributed by atoms with Gasteiger partial charge in [0.05, 0.1) is 43.2 Å². The minimum atomic E-state index is -1.03. The normalized spacial score (nSPS) is 12.0. The van der Waals surface area contributed by atoms with Gasteiger partial charge in [-0.3, -0.25) is 20.2 Å². The Morgan fingerprint density at radius 3 is 1.33 bits per heavy atom. The predicted molar refractivity (Wildman–Crippen MR) is 245 cm³/mol. The van der Waals surface area contributed by atoms with Crippen molar-refractivity contribution in [2.45, 2.75) is 48.9 Å². The molecule has 0 aliphatic heterocycles. The van der Waals surface area contributed by atoms with Crippen LogP contribution in [0.5, 0.6) is 23.3 Å². The van der Waals surface area contributed by atoms with Crippen molar-refractivity contribution in [3.05, 3.63) is 121 Å². The third-order valence-corrected chi connectivity index (χ3v) is 11.4. The number of nitro groups is 2. The molecule has 0 saturated carbocycles. The van der Waals surface area contributed by atoms with E-state index in [1.54, 1.807) is 0 Å². The first-order valence-electron chi connectivity index (χ1n) is 17.8. The van der Waals surface area contributed by atoms with Gasteiger partial charge in [-0.05, 0) is 60.1 Å². The highest BCUT2D eigenvalue weighted by atomic mass is 35.5. The van der Waals surface area contributed by atoms with Gasteiger partial charge in [0, 0.05) is 36.1 Å². The summed E-state index contributed by atoms with van der Waals surface area (Å²) in [4.78, 5) is 31.7. The molecule has 0 spiro atoms. The molecule has 0 aliphatic rings. The molecule has 0 fully saturated rings. The lowest BCUT2D eigenvalue weighted by Gasteiger charge is -2.23. The van der Waals surface area contributed by atoms with Crippen LogP contribution in [0.4, 0.5) is 11.4 Å². The molecule has 2 unspecified atom stereocenters. The van der Waals surface area contributed by atoms with E-state index in [2.05, 4.69) is 9.97 Å². The van der Waals surface area contributed by atoms with Crippen LogP contribution in [0.2, 0.25) is 20.1 Å². The maximum Gasteiger partial charge on any atom is 0.331 e. The van der Waals surface area contributed by atoms with E-state index < -0.39 is 22.1 Å². The average Bonchev–Trinajstić information content (AvgIpc) is 3.17. The van der Waals surface area contributed by atoms with Crippen LogP contribution in [-0.4, -0.2) is 57.7 Å². The highest BCUT2D eigenvalue weighted by Crippen LogP contribution is 2.42. The van der Waals surface area contributed by atoms with Crippen LogP contribution >= 0.6 is 116 Å². The molecule has 2 aromatic heterocycles. The summed E-state index contributed by atoms with van der Waals surface area (Å²) in [6.07, 6.45) is 0.895. The van der Waals surface area contributed by atoms with E-state index in [9.17, 15) is 20.2 Å². The summed E-state index contributed by atoms with van der Waals surface area (Å²) in [5, 5.41) is 25.6. The number of halogens is 8. The number of nitrogens with zero attached hydrogens (tertiary/aromatic N) is 4. The van der Waals surface area contributed by atoms with Crippen molar-refractivity contribution < 1.29 is 33.5 Å². The second-order valence-electron chi connectivity index (χ2n) is 11.9. The van der Waals surface area contributed by atoms with Crippen molar-refractivity contribution in [2.24, 2.45) is 0 Å². The standard InChI is InChI=1S/C38H34Cl8N4O9S2/c1-3-60-33-7-5-27(49(51)52)37(47-33)58-29(35-23(39)17-21(18-24(35)40)56-15-11-31(43)44)9-13-55-14-10-30(59-38-28(50(53)54)6-8-34(48-38)61-4-2)36-25(41)19-22(20-26(36)42)57-16-12-32(45)46/h5-8,11-12,17-20,29-30H,3-4,9-10,13-16H2,1-2H3. The van der Waals surface area contributed by atoms with Gasteiger partial charge in [-0.1, -0.05) is 107 Å². The van der Waals surface area contributed by atoms with Crippen molar-refractivity contribution in [3.63, 3.8) is 0 Å². The summed E-state index contributed by atoms with van der Waals surface area (Å²) >= 11 is 52.6. The van der Waals surface area contributed by atoms with E-state index in [0.717, 1.165) is 0 Å². The number of ether oxygens (including phenoxy) is 5. The van der Waals surface area contributed by atoms with Crippen molar-refractivity contribution in [1.82, 2.24) is 9.97 Å². The fourth-order valence-electron chi connectivity index (χ4n) is 5.32. The van der Waals surface area contributed by atoms with Crippen LogP contribution in [0.3, 0.4) is 0 Å². The van der Waals surface area contributed by atoms with Crippen molar-refractivity contribution in [1.29, 1.82) is 0 Å². The van der Waals surface area contributed by atoms with Gasteiger partial charge in [0.25, 0.3) is 11.8 Å². The Kier molecular flexibility index (Phi) is 21.2. The largest absolute Gasteiger partial charge is 0.489 e. The molecular weight excluding hydrogens is 1000 g/mol. The second-order valence-corrected chi connectivity index (χ2v) is 18.2. The molecule has 13 nitrogen and oxygen atoms in total. The van der Waals surface area contributed by atoms with Gasteiger partial charge in [-0.15, -0.1) is 23.5 Å². The molecule has 328 valence electrons. The van der Waals surface area contributed by atoms with Crippen LogP contribution in [-0.2, 0) is 4.74 Å². The summed E-state index contributed by atoms with van der Waals surface area (Å²) in [6.45, 7) is 3.82. The van der Waals surface area contributed by atoms with E-state index >= 15 is 0 Å². The first kappa shape index (κ1) is 50.8. The third kappa shape index (κ3) is 15.7. The molecule has 23 heteroatoms. The van der Waals surface area contributed by atoms with Gasteiger partial charge in [0.2, 0.25) is 0 Å². The zero-order valence-electron chi connectivity index (χ0n) is 31.9. The topological polar surface area (TPSA) is 158 Å². The number of hydrogen-bond donors (Lipinski definition) is 0. The van der Waals surface area contributed by atoms with Gasteiger partial charge < -0.3 is 23.7 Å². The highest BCUT2D eigenvalue weighted by molar-refractivity contribution is 7.99. The Morgan fingerprint density at radius 1 is 0.656 bits per heavy atom. The molecule has 0 bridgehead atoms. The highest BCUT2D eigenvalue weighted by Gasteiger charge is 2.29. The summed E-state index contributed by atoms with van der Waals surface area (Å²) in [5.41, 5.74) is -0.193. The molecule has 0 amide bonds. The summed E-state index contributed by atoms with van der Waals surface area (Å²) in [6, 6.07) is 11.7. The first-order chi connectivity index (χ1) is 29.1. The van der Waals surface area contributed by atoms with Gasteiger partial charge in [-0.25, -0.2) is 9.97 Å². The summed E-state index contributed by atoms with van der Waals surface area (Å²) < 4.78 is 29.9. The van der Waals surface area contributed by atoms with Gasteiger partial charge in [-0.2, -0.15) is 0 Å². The number of pyridine rings is 2. The van der Waals surface area contributed by atoms with E-state index in [-0.39, 0.29) is 114 Å². The molecule has 61 heavy (non-hydrogen) atoms. The zero-order valence-corrected chi connectivity index (χ0v) is 39.6. The summed E-state index contributed by atoms with van der Waals surface area (Å²) in [7, 11) is 0. The molecule has 0 N–H and O–H groups in total. The lowest BCUT2D eigenvalue weighted by atomic mass is 10.1. The third-order valence-electron chi connectivity index (χ3n) is 7.89. The van der Waals surface area contributed by atoms with Crippen LogP contribution < -0.4 is 18.9 Å². The van der Waals surface area contributed by atoms with Gasteiger partial charge in [0.15, 0.2) is 0 Å². The van der Waals surface area contributed by atoms with E-state index in [4.69, 9.17) is 116 Å². The number of hydrogen-bond acceptors (Lipinski definition) is 13. The molecule has 2 aromatic carbocycles. The smallest absolute Gasteiger partial charge is 0.331 e. The van der Waals surface area contributed by atoms with E-state index in [1.165, 1.54) is 84.2 Å².